The second-order valence-corrected chi connectivity index (χ2v) is 2.10. The van der Waals surface area contributed by atoms with Gasteiger partial charge in [-0.05, 0) is 13.8 Å². The molecule has 0 aliphatic rings. The predicted molar refractivity (Wildman–Crippen MR) is 42.3 cm³/mol. The van der Waals surface area contributed by atoms with Crippen LogP contribution >= 0.6 is 0 Å². The van der Waals surface area contributed by atoms with Gasteiger partial charge in [0.1, 0.15) is 0 Å². The van der Waals surface area contributed by atoms with Gasteiger partial charge < -0.3 is 9.84 Å². The van der Waals surface area contributed by atoms with Crippen molar-refractivity contribution in [3.8, 4) is 0 Å². The third-order valence-electron chi connectivity index (χ3n) is 1.06. The van der Waals surface area contributed by atoms with Crippen molar-refractivity contribution in [2.45, 2.75) is 13.8 Å². The highest BCUT2D eigenvalue weighted by atomic mass is 16.5. The summed E-state index contributed by atoms with van der Waals surface area (Å²) in [5, 5.41) is 8.38. The van der Waals surface area contributed by atoms with Gasteiger partial charge in [0.2, 0.25) is 0 Å². The molecule has 68 valence electrons. The summed E-state index contributed by atoms with van der Waals surface area (Å²) in [5.74, 6) is -1.79. The van der Waals surface area contributed by atoms with Crippen LogP contribution in [-0.2, 0) is 9.53 Å². The molecule has 0 spiro atoms. The number of nitrogens with zero attached hydrogens (tertiary/aromatic N) is 1. The van der Waals surface area contributed by atoms with Gasteiger partial charge in [-0.1, -0.05) is 0 Å². The maximum Gasteiger partial charge on any atom is 0.433 e. The number of carboxylic acids is 1. The first kappa shape index (κ1) is 10.6. The van der Waals surface area contributed by atoms with E-state index in [1.165, 1.54) is 6.92 Å². The number of hydrogen-bond donors (Lipinski definition) is 1. The maximum atomic E-state index is 10.6. The molecule has 1 N–H and O–H groups in total. The van der Waals surface area contributed by atoms with E-state index in [1.54, 1.807) is 6.92 Å². The van der Waals surface area contributed by atoms with Gasteiger partial charge in [-0.25, -0.2) is 4.79 Å². The van der Waals surface area contributed by atoms with Gasteiger partial charge in [0.05, 0.1) is 12.5 Å². The predicted octanol–water partition coefficient (Wildman–Crippen LogP) is 0.934. The normalized spacial score (nSPS) is 12.8. The van der Waals surface area contributed by atoms with Gasteiger partial charge in [0.15, 0.2) is 0 Å². The number of ether oxygens (including phenoxy) is 1. The van der Waals surface area contributed by atoms with Gasteiger partial charge >= 0.3 is 12.1 Å². The van der Waals surface area contributed by atoms with Crippen molar-refractivity contribution in [2.24, 2.45) is 10.9 Å². The molecule has 0 saturated heterocycles. The van der Waals surface area contributed by atoms with E-state index < -0.39 is 18.0 Å². The Balaban J connectivity index is 3.89. The Bertz CT molecular complexity index is 200. The standard InChI is InChI=1S/C7H11NO4/c1-3-12-7(11)8-4-5(2)6(9)10/h4-5H,3H2,1-2H3,(H,9,10). The summed E-state index contributed by atoms with van der Waals surface area (Å²) in [6.45, 7) is 3.30. The van der Waals surface area contributed by atoms with Crippen LogP contribution in [0, 0.1) is 5.92 Å². The zero-order valence-electron chi connectivity index (χ0n) is 6.98. The minimum Gasteiger partial charge on any atom is -0.481 e. The molecule has 0 fully saturated rings. The number of aliphatic imine (C=N–C) groups is 1. The molecule has 0 bridgehead atoms. The quantitative estimate of drug-likeness (QED) is 0.644. The molecule has 0 aromatic carbocycles. The highest BCUT2D eigenvalue weighted by molar-refractivity contribution is 5.92. The molecule has 0 aromatic rings. The van der Waals surface area contributed by atoms with Crippen molar-refractivity contribution in [1.29, 1.82) is 0 Å². The zero-order chi connectivity index (χ0) is 9.56. The molecule has 0 radical (unpaired) electrons. The van der Waals surface area contributed by atoms with Crippen LogP contribution in [0.4, 0.5) is 4.79 Å². The largest absolute Gasteiger partial charge is 0.481 e. The summed E-state index contributed by atoms with van der Waals surface area (Å²) in [6, 6.07) is 0. The molecule has 0 aromatic heterocycles. The molecule has 0 aliphatic carbocycles. The molecule has 1 amide bonds. The van der Waals surface area contributed by atoms with E-state index in [2.05, 4.69) is 9.73 Å². The highest BCUT2D eigenvalue weighted by Crippen LogP contribution is 1.91. The van der Waals surface area contributed by atoms with E-state index in [0.717, 1.165) is 6.21 Å². The van der Waals surface area contributed by atoms with Crippen molar-refractivity contribution in [3.63, 3.8) is 0 Å². The first-order valence-corrected chi connectivity index (χ1v) is 3.51. The number of hydrogen-bond acceptors (Lipinski definition) is 3. The zero-order valence-corrected chi connectivity index (χ0v) is 6.98. The summed E-state index contributed by atoms with van der Waals surface area (Å²) in [6.07, 6.45) is 0.283. The topological polar surface area (TPSA) is 76.0 Å². The molecule has 0 saturated carbocycles. The summed E-state index contributed by atoms with van der Waals surface area (Å²) in [7, 11) is 0. The van der Waals surface area contributed by atoms with Gasteiger partial charge in [0, 0.05) is 6.21 Å². The maximum absolute atomic E-state index is 10.6. The lowest BCUT2D eigenvalue weighted by Crippen LogP contribution is -2.11. The molecule has 0 aliphatic heterocycles. The Morgan fingerprint density at radius 1 is 1.67 bits per heavy atom. The monoisotopic (exact) mass is 173 g/mol. The fraction of sp³-hybridized carbons (Fsp3) is 0.571. The Morgan fingerprint density at radius 2 is 2.25 bits per heavy atom. The van der Waals surface area contributed by atoms with E-state index in [0.29, 0.717) is 0 Å². The van der Waals surface area contributed by atoms with Gasteiger partial charge in [0.25, 0.3) is 0 Å². The van der Waals surface area contributed by atoms with Gasteiger partial charge in [-0.2, -0.15) is 4.99 Å². The van der Waals surface area contributed by atoms with Crippen LogP contribution in [0.5, 0.6) is 0 Å². The number of carbonyl (C=O) groups excluding carboxylic acids is 1. The third kappa shape index (κ3) is 4.43. The van der Waals surface area contributed by atoms with Crippen LogP contribution in [0.1, 0.15) is 13.8 Å². The Labute approximate surface area is 70.1 Å². The molecule has 1 atom stereocenters. The lowest BCUT2D eigenvalue weighted by molar-refractivity contribution is -0.138. The fourth-order valence-electron chi connectivity index (χ4n) is 0.397. The molecular weight excluding hydrogens is 162 g/mol. The van der Waals surface area contributed by atoms with Crippen LogP contribution in [0.15, 0.2) is 4.99 Å². The van der Waals surface area contributed by atoms with Crippen molar-refractivity contribution in [1.82, 2.24) is 0 Å². The average Bonchev–Trinajstić information content (AvgIpc) is 2.00. The van der Waals surface area contributed by atoms with Crippen molar-refractivity contribution in [3.05, 3.63) is 0 Å². The van der Waals surface area contributed by atoms with Crippen LogP contribution in [0.25, 0.3) is 0 Å². The fourth-order valence-corrected chi connectivity index (χ4v) is 0.397. The minimum absolute atomic E-state index is 0.234. The molecule has 1 unspecified atom stereocenters. The van der Waals surface area contributed by atoms with Crippen molar-refractivity contribution < 1.29 is 19.4 Å². The Hall–Kier alpha value is -1.39. The van der Waals surface area contributed by atoms with Gasteiger partial charge in [-0.3, -0.25) is 4.79 Å². The van der Waals surface area contributed by atoms with Crippen molar-refractivity contribution >= 4 is 18.3 Å². The number of amides is 1. The summed E-state index contributed by atoms with van der Waals surface area (Å²) >= 11 is 0. The molecule has 5 heteroatoms. The van der Waals surface area contributed by atoms with Crippen LogP contribution in [0.3, 0.4) is 0 Å². The SMILES string of the molecule is CCOC(=O)N=CC(C)C(=O)O. The van der Waals surface area contributed by atoms with Crippen LogP contribution in [0.2, 0.25) is 0 Å². The lowest BCUT2D eigenvalue weighted by atomic mass is 10.2. The van der Waals surface area contributed by atoms with Gasteiger partial charge in [-0.15, -0.1) is 0 Å². The van der Waals surface area contributed by atoms with Crippen LogP contribution < -0.4 is 0 Å². The second kappa shape index (κ2) is 5.29. The number of rotatable bonds is 3. The molecule has 0 heterocycles. The average molecular weight is 173 g/mol. The third-order valence-corrected chi connectivity index (χ3v) is 1.06. The Kier molecular flexibility index (Phi) is 4.67. The van der Waals surface area contributed by atoms with E-state index in [4.69, 9.17) is 5.11 Å². The van der Waals surface area contributed by atoms with Crippen molar-refractivity contribution in [2.75, 3.05) is 6.61 Å². The van der Waals surface area contributed by atoms with E-state index >= 15 is 0 Å². The molecule has 0 rings (SSSR count). The minimum atomic E-state index is -1.02. The summed E-state index contributed by atoms with van der Waals surface area (Å²) in [4.78, 5) is 24.1. The first-order valence-electron chi connectivity index (χ1n) is 3.51. The number of aliphatic carboxylic acids is 1. The summed E-state index contributed by atoms with van der Waals surface area (Å²) in [5.41, 5.74) is 0. The van der Waals surface area contributed by atoms with E-state index in [-0.39, 0.29) is 6.61 Å². The molecular formula is C7H11NO4. The van der Waals surface area contributed by atoms with E-state index in [9.17, 15) is 9.59 Å². The Morgan fingerprint density at radius 3 is 2.67 bits per heavy atom. The number of carbonyl (C=O) groups is 2. The first-order chi connectivity index (χ1) is 5.57. The van der Waals surface area contributed by atoms with E-state index in [1.807, 2.05) is 0 Å². The highest BCUT2D eigenvalue weighted by Gasteiger charge is 2.07. The second-order valence-electron chi connectivity index (χ2n) is 2.10. The smallest absolute Gasteiger partial charge is 0.433 e. The summed E-state index contributed by atoms with van der Waals surface area (Å²) < 4.78 is 4.44. The molecule has 5 nitrogen and oxygen atoms in total. The lowest BCUT2D eigenvalue weighted by Gasteiger charge is -1.96. The van der Waals surface area contributed by atoms with Crippen LogP contribution in [-0.4, -0.2) is 30.0 Å². The number of carboxylic acid groups (broad SMARTS) is 1. The molecule has 12 heavy (non-hydrogen) atoms.